The highest BCUT2D eigenvalue weighted by atomic mass is 16.5. The second-order valence-electron chi connectivity index (χ2n) is 3.44. The molecule has 1 aliphatic heterocycles. The van der Waals surface area contributed by atoms with E-state index in [-0.39, 0.29) is 17.7 Å². The van der Waals surface area contributed by atoms with E-state index in [1.807, 2.05) is 6.92 Å². The number of aromatic carboxylic acids is 1. The van der Waals surface area contributed by atoms with Gasteiger partial charge in [0, 0.05) is 5.56 Å². The summed E-state index contributed by atoms with van der Waals surface area (Å²) in [4.78, 5) is 15.0. The van der Waals surface area contributed by atoms with Crippen molar-refractivity contribution in [3.05, 3.63) is 35.4 Å². The Bertz CT molecular complexity index is 414. The molecular weight excluding hydrogens is 194 g/mol. The molecule has 1 aliphatic rings. The van der Waals surface area contributed by atoms with E-state index >= 15 is 0 Å². The van der Waals surface area contributed by atoms with Gasteiger partial charge in [-0.3, -0.25) is 4.99 Å². The largest absolute Gasteiger partial charge is 0.478 e. The van der Waals surface area contributed by atoms with Crippen molar-refractivity contribution in [2.75, 3.05) is 0 Å². The Morgan fingerprint density at radius 3 is 2.80 bits per heavy atom. The standard InChI is InChI=1S/C11H11NO3/c1-7-10(15-6-12-7)8-4-2-3-5-9(8)11(13)14/h2-7,10H,1H3,(H,13,14). The van der Waals surface area contributed by atoms with Gasteiger partial charge in [0.05, 0.1) is 11.6 Å². The van der Waals surface area contributed by atoms with E-state index in [1.165, 1.54) is 6.40 Å². The van der Waals surface area contributed by atoms with Crippen LogP contribution < -0.4 is 0 Å². The van der Waals surface area contributed by atoms with Gasteiger partial charge in [-0.15, -0.1) is 0 Å². The maximum Gasteiger partial charge on any atom is 0.336 e. The van der Waals surface area contributed by atoms with Crippen LogP contribution in [0.4, 0.5) is 0 Å². The number of ether oxygens (including phenoxy) is 1. The van der Waals surface area contributed by atoms with Crippen molar-refractivity contribution in [1.82, 2.24) is 0 Å². The summed E-state index contributed by atoms with van der Waals surface area (Å²) in [6.07, 6.45) is 1.10. The van der Waals surface area contributed by atoms with Crippen molar-refractivity contribution in [1.29, 1.82) is 0 Å². The van der Waals surface area contributed by atoms with Crippen molar-refractivity contribution in [3.8, 4) is 0 Å². The minimum absolute atomic E-state index is 0.0366. The van der Waals surface area contributed by atoms with Crippen molar-refractivity contribution >= 4 is 12.4 Å². The van der Waals surface area contributed by atoms with Gasteiger partial charge in [0.1, 0.15) is 6.10 Å². The fraction of sp³-hybridized carbons (Fsp3) is 0.273. The highest BCUT2D eigenvalue weighted by molar-refractivity contribution is 5.89. The van der Waals surface area contributed by atoms with Crippen molar-refractivity contribution in [2.24, 2.45) is 4.99 Å². The molecule has 2 rings (SSSR count). The monoisotopic (exact) mass is 205 g/mol. The van der Waals surface area contributed by atoms with Crippen LogP contribution in [0.25, 0.3) is 0 Å². The Hall–Kier alpha value is -1.84. The van der Waals surface area contributed by atoms with E-state index in [2.05, 4.69) is 4.99 Å². The summed E-state index contributed by atoms with van der Waals surface area (Å²) in [5, 5.41) is 9.02. The molecule has 78 valence electrons. The Morgan fingerprint density at radius 1 is 1.47 bits per heavy atom. The number of carboxylic acids is 1. The van der Waals surface area contributed by atoms with E-state index in [4.69, 9.17) is 9.84 Å². The molecule has 15 heavy (non-hydrogen) atoms. The van der Waals surface area contributed by atoms with Crippen LogP contribution in [0.5, 0.6) is 0 Å². The molecule has 0 fully saturated rings. The number of hydrogen-bond donors (Lipinski definition) is 1. The number of nitrogens with zero attached hydrogens (tertiary/aromatic N) is 1. The number of hydrogen-bond acceptors (Lipinski definition) is 3. The first kappa shape index (κ1) is 9.71. The van der Waals surface area contributed by atoms with Crippen LogP contribution in [-0.4, -0.2) is 23.5 Å². The molecule has 0 amide bonds. The molecule has 0 radical (unpaired) electrons. The quantitative estimate of drug-likeness (QED) is 0.801. The van der Waals surface area contributed by atoms with Crippen LogP contribution in [0.2, 0.25) is 0 Å². The van der Waals surface area contributed by atoms with Crippen LogP contribution in [0.15, 0.2) is 29.3 Å². The molecule has 0 spiro atoms. The Balaban J connectivity index is 2.39. The lowest BCUT2D eigenvalue weighted by atomic mass is 9.98. The zero-order valence-corrected chi connectivity index (χ0v) is 8.25. The highest BCUT2D eigenvalue weighted by Gasteiger charge is 2.27. The van der Waals surface area contributed by atoms with Crippen molar-refractivity contribution in [3.63, 3.8) is 0 Å². The third-order valence-electron chi connectivity index (χ3n) is 2.44. The molecule has 1 aromatic rings. The van der Waals surface area contributed by atoms with Crippen LogP contribution in [-0.2, 0) is 4.74 Å². The first-order valence-corrected chi connectivity index (χ1v) is 4.69. The summed E-state index contributed by atoms with van der Waals surface area (Å²) in [5.41, 5.74) is 0.954. The maximum atomic E-state index is 11.0. The molecule has 1 aromatic carbocycles. The third-order valence-corrected chi connectivity index (χ3v) is 2.44. The fourth-order valence-electron chi connectivity index (χ4n) is 1.66. The molecule has 0 aromatic heterocycles. The lowest BCUT2D eigenvalue weighted by Gasteiger charge is -2.15. The molecule has 2 atom stereocenters. The lowest BCUT2D eigenvalue weighted by molar-refractivity contribution is 0.0691. The van der Waals surface area contributed by atoms with E-state index < -0.39 is 5.97 Å². The van der Waals surface area contributed by atoms with Gasteiger partial charge in [0.2, 0.25) is 0 Å². The number of rotatable bonds is 2. The highest BCUT2D eigenvalue weighted by Crippen LogP contribution is 2.28. The number of carboxylic acid groups (broad SMARTS) is 1. The minimum atomic E-state index is -0.937. The SMILES string of the molecule is CC1N=COC1c1ccccc1C(=O)O. The second kappa shape index (κ2) is 3.73. The van der Waals surface area contributed by atoms with E-state index in [0.717, 1.165) is 0 Å². The Kier molecular flexibility index (Phi) is 2.41. The number of carbonyl (C=O) groups is 1. The molecule has 1 heterocycles. The van der Waals surface area contributed by atoms with Gasteiger partial charge in [0.15, 0.2) is 6.40 Å². The van der Waals surface area contributed by atoms with Gasteiger partial charge >= 0.3 is 5.97 Å². The average molecular weight is 205 g/mol. The number of aliphatic imine (C=N–C) groups is 1. The van der Waals surface area contributed by atoms with Gasteiger partial charge in [-0.1, -0.05) is 18.2 Å². The summed E-state index contributed by atoms with van der Waals surface area (Å²) in [5.74, 6) is -0.937. The molecule has 1 N–H and O–H groups in total. The van der Waals surface area contributed by atoms with Crippen LogP contribution in [0.3, 0.4) is 0 Å². The fourth-order valence-corrected chi connectivity index (χ4v) is 1.66. The lowest BCUT2D eigenvalue weighted by Crippen LogP contribution is -2.14. The van der Waals surface area contributed by atoms with Gasteiger partial charge in [-0.25, -0.2) is 4.79 Å². The zero-order valence-electron chi connectivity index (χ0n) is 8.25. The Morgan fingerprint density at radius 2 is 2.20 bits per heavy atom. The molecule has 0 bridgehead atoms. The third kappa shape index (κ3) is 1.70. The summed E-state index contributed by atoms with van der Waals surface area (Å²) in [7, 11) is 0. The summed E-state index contributed by atoms with van der Waals surface area (Å²) < 4.78 is 5.29. The van der Waals surface area contributed by atoms with E-state index in [0.29, 0.717) is 5.56 Å². The van der Waals surface area contributed by atoms with Crippen LogP contribution >= 0.6 is 0 Å². The predicted octanol–water partition coefficient (Wildman–Crippen LogP) is 1.87. The van der Waals surface area contributed by atoms with Gasteiger partial charge in [0.25, 0.3) is 0 Å². The first-order chi connectivity index (χ1) is 7.20. The molecule has 2 unspecified atom stereocenters. The zero-order chi connectivity index (χ0) is 10.8. The van der Waals surface area contributed by atoms with Crippen LogP contribution in [0.1, 0.15) is 28.9 Å². The molecule has 4 heteroatoms. The molecule has 0 saturated heterocycles. The van der Waals surface area contributed by atoms with E-state index in [9.17, 15) is 4.79 Å². The molecular formula is C11H11NO3. The van der Waals surface area contributed by atoms with Crippen LogP contribution in [0, 0.1) is 0 Å². The summed E-state index contributed by atoms with van der Waals surface area (Å²) in [6, 6.07) is 6.81. The van der Waals surface area contributed by atoms with Crippen molar-refractivity contribution in [2.45, 2.75) is 19.1 Å². The maximum absolute atomic E-state index is 11.0. The topological polar surface area (TPSA) is 58.9 Å². The van der Waals surface area contributed by atoms with Crippen molar-refractivity contribution < 1.29 is 14.6 Å². The Labute approximate surface area is 87.2 Å². The molecule has 0 aliphatic carbocycles. The van der Waals surface area contributed by atoms with Gasteiger partial charge in [-0.05, 0) is 13.0 Å². The number of benzene rings is 1. The normalized spacial score (nSPS) is 23.8. The average Bonchev–Trinajstić information content (AvgIpc) is 2.64. The smallest absolute Gasteiger partial charge is 0.336 e. The summed E-state index contributed by atoms with van der Waals surface area (Å²) in [6.45, 7) is 1.90. The predicted molar refractivity (Wildman–Crippen MR) is 55.2 cm³/mol. The molecule has 0 saturated carbocycles. The molecule has 4 nitrogen and oxygen atoms in total. The minimum Gasteiger partial charge on any atom is -0.478 e. The van der Waals surface area contributed by atoms with E-state index in [1.54, 1.807) is 24.3 Å². The summed E-state index contributed by atoms with van der Waals surface area (Å²) >= 11 is 0. The van der Waals surface area contributed by atoms with Gasteiger partial charge in [-0.2, -0.15) is 0 Å². The van der Waals surface area contributed by atoms with Gasteiger partial charge < -0.3 is 9.84 Å². The second-order valence-corrected chi connectivity index (χ2v) is 3.44. The first-order valence-electron chi connectivity index (χ1n) is 4.69.